The molecule has 430 valence electrons. The van der Waals surface area contributed by atoms with Crippen LogP contribution in [0.1, 0.15) is 54.9 Å². The first-order valence-corrected chi connectivity index (χ1v) is 22.4. The van der Waals surface area contributed by atoms with Crippen molar-refractivity contribution < 1.29 is 115 Å². The van der Waals surface area contributed by atoms with Gasteiger partial charge < -0.3 is 0 Å². The molecular formula is C53H26BF24N3O. The van der Waals surface area contributed by atoms with Gasteiger partial charge in [0.2, 0.25) is 5.52 Å². The van der Waals surface area contributed by atoms with Crippen LogP contribution in [0.25, 0.3) is 10.9 Å². The summed E-state index contributed by atoms with van der Waals surface area (Å²) >= 11 is 0. The molecule has 82 heavy (non-hydrogen) atoms. The van der Waals surface area contributed by atoms with Crippen LogP contribution in [-0.4, -0.2) is 11.9 Å². The molecule has 0 amide bonds. The van der Waals surface area contributed by atoms with E-state index in [4.69, 9.17) is 0 Å². The van der Waals surface area contributed by atoms with Crippen molar-refractivity contribution in [3.05, 3.63) is 207 Å². The van der Waals surface area contributed by atoms with Crippen LogP contribution >= 0.6 is 0 Å². The highest BCUT2D eigenvalue weighted by molar-refractivity contribution is 7.20. The van der Waals surface area contributed by atoms with E-state index in [1.165, 1.54) is 0 Å². The van der Waals surface area contributed by atoms with Crippen molar-refractivity contribution in [3.8, 4) is 12.1 Å². The SMILES string of the molecule is FC(F)(F)c1cc([B-](c2cc(C(F)(F)F)cc(C(F)(F)F)c2)(c2cc(C(F)(F)F)cc(C(F)(F)F)c2)c2cc(C(F)(F)F)cc(C(F)(F)F)c2)cc(C(F)(F)F)c1.N#CC(C#N)=C(C[n+]1cccc2ccccc21)C(=O)c1ccccc1. The number of carbonyl (C=O) groups is 1. The molecule has 0 saturated heterocycles. The van der Waals surface area contributed by atoms with E-state index in [0.29, 0.717) is 5.56 Å². The van der Waals surface area contributed by atoms with Crippen molar-refractivity contribution in [1.82, 2.24) is 0 Å². The van der Waals surface area contributed by atoms with Gasteiger partial charge in [0, 0.05) is 23.1 Å². The van der Waals surface area contributed by atoms with Gasteiger partial charge in [0.1, 0.15) is 23.9 Å². The minimum absolute atomic E-state index is 0.158. The fraction of sp³-hybridized carbons (Fsp3) is 0.170. The minimum atomic E-state index is -6.13. The smallest absolute Gasteiger partial charge is 0.289 e. The van der Waals surface area contributed by atoms with Gasteiger partial charge >= 0.3 is 49.4 Å². The molecule has 0 fully saturated rings. The standard InChI is InChI=1S/C32H12BF24.C21H14N3O/c34-25(35,36)13-1-14(26(37,38)39)6-21(5-13)33(22-7-15(27(40,41)42)2-16(8-22)28(43,44)45,23-9-17(29(46,47)48)3-18(10-23)30(49,50)51)24-11-19(31(52,53)54)4-20(12-24)32(55,56)57;22-13-18(14-23)19(21(25)17-8-2-1-3-9-17)15-24-12-6-10-16-7-4-5-11-20(16)24/h1-12H;1-12H,15H2/q-1;+1. The molecule has 4 nitrogen and oxygen atoms in total. The van der Waals surface area contributed by atoms with E-state index in [1.54, 1.807) is 24.3 Å². The van der Waals surface area contributed by atoms with Crippen LogP contribution in [-0.2, 0) is 56.0 Å². The Balaban J connectivity index is 0.000000357. The highest BCUT2D eigenvalue weighted by Crippen LogP contribution is 2.41. The number of rotatable bonds is 8. The number of para-hydroxylation sites is 1. The van der Waals surface area contributed by atoms with E-state index in [9.17, 15) is 121 Å². The number of aromatic nitrogens is 1. The van der Waals surface area contributed by atoms with Crippen molar-refractivity contribution in [3.63, 3.8) is 0 Å². The molecule has 1 aromatic heterocycles. The molecular weight excluding hydrogens is 1160 g/mol. The number of halogens is 24. The zero-order valence-electron chi connectivity index (χ0n) is 40.0. The molecule has 0 N–H and O–H groups in total. The second kappa shape index (κ2) is 22.1. The summed E-state index contributed by atoms with van der Waals surface area (Å²) in [6, 6.07) is 15.2. The third-order valence-electron chi connectivity index (χ3n) is 12.4. The maximum Gasteiger partial charge on any atom is 0.416 e. The molecule has 0 atom stereocenters. The normalized spacial score (nSPS) is 13.0. The van der Waals surface area contributed by atoms with Crippen LogP contribution in [0, 0.1) is 22.7 Å². The summed E-state index contributed by atoms with van der Waals surface area (Å²) in [7, 11) is 0. The number of alkyl halides is 24. The van der Waals surface area contributed by atoms with Crippen molar-refractivity contribution >= 4 is 44.7 Å². The van der Waals surface area contributed by atoms with Gasteiger partial charge in [0.25, 0.3) is 0 Å². The van der Waals surface area contributed by atoms with Crippen molar-refractivity contribution in [2.24, 2.45) is 0 Å². The van der Waals surface area contributed by atoms with Gasteiger partial charge in [-0.05, 0) is 36.4 Å². The lowest BCUT2D eigenvalue weighted by atomic mass is 9.12. The number of carbonyl (C=O) groups excluding carboxylic acids is 1. The van der Waals surface area contributed by atoms with E-state index in [2.05, 4.69) is 0 Å². The molecule has 0 bridgehead atoms. The van der Waals surface area contributed by atoms with E-state index in [-0.39, 0.29) is 23.5 Å². The van der Waals surface area contributed by atoms with Gasteiger partial charge in [-0.3, -0.25) is 4.79 Å². The number of Topliss-reactive ketones (excluding diaryl/α,β-unsaturated/α-hetero) is 1. The molecule has 6 aromatic carbocycles. The number of allylic oxidation sites excluding steroid dienone is 2. The largest absolute Gasteiger partial charge is 0.416 e. The second-order valence-electron chi connectivity index (χ2n) is 17.7. The van der Waals surface area contributed by atoms with Crippen molar-refractivity contribution in [2.45, 2.75) is 56.0 Å². The monoisotopic (exact) mass is 1190 g/mol. The summed E-state index contributed by atoms with van der Waals surface area (Å²) in [6.07, 6.45) is -53.0. The average molecular weight is 1190 g/mol. The van der Waals surface area contributed by atoms with Gasteiger partial charge in [-0.1, -0.05) is 91.0 Å². The summed E-state index contributed by atoms with van der Waals surface area (Å²) in [5.41, 5.74) is -28.8. The van der Waals surface area contributed by atoms with Crippen molar-refractivity contribution in [1.29, 1.82) is 10.5 Å². The summed E-state index contributed by atoms with van der Waals surface area (Å²) in [4.78, 5) is 12.9. The first-order chi connectivity index (χ1) is 37.5. The molecule has 0 saturated carbocycles. The number of ketones is 1. The number of hydrogen-bond donors (Lipinski definition) is 0. The summed E-state index contributed by atoms with van der Waals surface area (Å²) in [6.45, 7) is 0.158. The molecule has 0 aliphatic heterocycles. The Morgan fingerprint density at radius 3 is 0.927 bits per heavy atom. The Labute approximate surface area is 444 Å². The van der Waals surface area contributed by atoms with Crippen LogP contribution in [0.2, 0.25) is 0 Å². The first kappa shape index (κ1) is 62.7. The Kier molecular flexibility index (Phi) is 16.9. The molecule has 0 aliphatic carbocycles. The quantitative estimate of drug-likeness (QED) is 0.0380. The molecule has 7 rings (SSSR count). The number of nitrogens with zero attached hydrogens (tertiary/aromatic N) is 3. The number of hydrogen-bond acceptors (Lipinski definition) is 3. The zero-order chi connectivity index (χ0) is 61.6. The minimum Gasteiger partial charge on any atom is -0.289 e. The van der Waals surface area contributed by atoms with E-state index >= 15 is 0 Å². The number of nitriles is 2. The van der Waals surface area contributed by atoms with Gasteiger partial charge in [0.15, 0.2) is 18.5 Å². The predicted molar refractivity (Wildman–Crippen MR) is 243 cm³/mol. The fourth-order valence-electron chi connectivity index (χ4n) is 8.79. The molecule has 0 radical (unpaired) electrons. The predicted octanol–water partition coefficient (Wildman–Crippen LogP) is 14.6. The van der Waals surface area contributed by atoms with Gasteiger partial charge in [-0.2, -0.15) is 142 Å². The Bertz CT molecular complexity index is 3210. The lowest BCUT2D eigenvalue weighted by Gasteiger charge is -2.46. The second-order valence-corrected chi connectivity index (χ2v) is 17.7. The number of benzene rings is 6. The lowest BCUT2D eigenvalue weighted by molar-refractivity contribution is -0.662. The van der Waals surface area contributed by atoms with Crippen LogP contribution in [0.5, 0.6) is 0 Å². The van der Waals surface area contributed by atoms with Gasteiger partial charge in [0.05, 0.1) is 50.1 Å². The van der Waals surface area contributed by atoms with Crippen molar-refractivity contribution in [2.75, 3.05) is 0 Å². The highest BCUT2D eigenvalue weighted by Gasteiger charge is 2.47. The Morgan fingerprint density at radius 2 is 0.646 bits per heavy atom. The van der Waals surface area contributed by atoms with Crippen LogP contribution in [0.15, 0.2) is 157 Å². The third kappa shape index (κ3) is 13.8. The molecule has 29 heteroatoms. The molecule has 7 aromatic rings. The number of pyridine rings is 1. The molecule has 1 heterocycles. The first-order valence-electron chi connectivity index (χ1n) is 22.4. The third-order valence-corrected chi connectivity index (χ3v) is 12.4. The zero-order valence-corrected chi connectivity index (χ0v) is 40.0. The van der Waals surface area contributed by atoms with Crippen LogP contribution < -0.4 is 26.4 Å². The maximum atomic E-state index is 14.2. The molecule has 0 unspecified atom stereocenters. The summed E-state index contributed by atoms with van der Waals surface area (Å²) in [5, 5.41) is 19.6. The van der Waals surface area contributed by atoms with Gasteiger partial charge in [-0.15, -0.1) is 0 Å². The van der Waals surface area contributed by atoms with E-state index in [1.807, 2.05) is 65.4 Å². The fourth-order valence-corrected chi connectivity index (χ4v) is 8.79. The molecule has 0 spiro atoms. The van der Waals surface area contributed by atoms with E-state index in [0.717, 1.165) is 10.9 Å². The molecule has 0 aliphatic rings. The van der Waals surface area contributed by atoms with Crippen LogP contribution in [0.4, 0.5) is 105 Å². The highest BCUT2D eigenvalue weighted by atomic mass is 19.4. The topological polar surface area (TPSA) is 68.5 Å². The lowest BCUT2D eigenvalue weighted by Crippen LogP contribution is -2.75. The maximum absolute atomic E-state index is 14.2. The van der Waals surface area contributed by atoms with E-state index < -0.39 is 195 Å². The number of fused-ring (bicyclic) bond motifs is 1. The van der Waals surface area contributed by atoms with Crippen LogP contribution in [0.3, 0.4) is 0 Å². The van der Waals surface area contributed by atoms with Gasteiger partial charge in [-0.25, -0.2) is 0 Å². The summed E-state index contributed by atoms with van der Waals surface area (Å²) < 4.78 is 343. The average Bonchev–Trinajstić information content (AvgIpc) is 3.56. The Hall–Kier alpha value is -8.50. The Morgan fingerprint density at radius 1 is 0.378 bits per heavy atom. The summed E-state index contributed by atoms with van der Waals surface area (Å²) in [5.74, 6) is -0.306.